The van der Waals surface area contributed by atoms with Gasteiger partial charge in [0, 0.05) is 0 Å². The maximum absolute atomic E-state index is 2.40. The van der Waals surface area contributed by atoms with Crippen LogP contribution in [0.4, 0.5) is 0 Å². The van der Waals surface area contributed by atoms with Gasteiger partial charge >= 0.3 is 0 Å². The van der Waals surface area contributed by atoms with Crippen molar-refractivity contribution in [3.05, 3.63) is 0 Å². The van der Waals surface area contributed by atoms with E-state index in [4.69, 9.17) is 0 Å². The lowest BCUT2D eigenvalue weighted by Gasteiger charge is -2.13. The predicted octanol–water partition coefficient (Wildman–Crippen LogP) is 3.47. The van der Waals surface area contributed by atoms with Crippen LogP contribution in [0.25, 0.3) is 0 Å². The number of hydrogen-bond acceptors (Lipinski definition) is 0. The van der Waals surface area contributed by atoms with Crippen molar-refractivity contribution < 1.29 is 0 Å². The summed E-state index contributed by atoms with van der Waals surface area (Å²) in [5, 5.41) is 0. The lowest BCUT2D eigenvalue weighted by atomic mass is 9.93. The minimum Gasteiger partial charge on any atom is -0.0651 e. The molecule has 0 aliphatic heterocycles. The van der Waals surface area contributed by atoms with Crippen molar-refractivity contribution in [1.82, 2.24) is 0 Å². The van der Waals surface area contributed by atoms with Crippen molar-refractivity contribution in [2.24, 2.45) is 17.3 Å². The van der Waals surface area contributed by atoms with Gasteiger partial charge in [-0.2, -0.15) is 0 Å². The van der Waals surface area contributed by atoms with Crippen LogP contribution in [-0.2, 0) is 0 Å². The molecule has 0 amide bonds. The number of rotatable bonds is 3. The normalized spacial score (nSPS) is 29.1. The smallest absolute Gasteiger partial charge is 0.0320 e. The maximum atomic E-state index is 2.40. The van der Waals surface area contributed by atoms with E-state index in [1.54, 1.807) is 0 Å². The average molecular weight is 140 g/mol. The molecule has 0 N–H and O–H groups in total. The molecule has 0 bridgehead atoms. The Morgan fingerprint density at radius 3 is 1.80 bits per heavy atom. The summed E-state index contributed by atoms with van der Waals surface area (Å²) in [5.74, 6) is 2.05. The molecule has 0 spiro atoms. The highest BCUT2D eigenvalue weighted by Crippen LogP contribution is 2.57. The molecule has 1 atom stereocenters. The lowest BCUT2D eigenvalue weighted by Crippen LogP contribution is -2.04. The van der Waals surface area contributed by atoms with E-state index in [0.29, 0.717) is 5.41 Å². The van der Waals surface area contributed by atoms with Gasteiger partial charge in [0.1, 0.15) is 0 Å². The Morgan fingerprint density at radius 1 is 1.30 bits per heavy atom. The van der Waals surface area contributed by atoms with E-state index < -0.39 is 0 Å². The third-order valence-electron chi connectivity index (χ3n) is 3.21. The van der Waals surface area contributed by atoms with Gasteiger partial charge in [-0.3, -0.25) is 0 Å². The Morgan fingerprint density at radius 2 is 1.70 bits per heavy atom. The zero-order valence-electron chi connectivity index (χ0n) is 7.78. The molecular formula is C10H20. The first-order chi connectivity index (χ1) is 4.61. The van der Waals surface area contributed by atoms with E-state index in [-0.39, 0.29) is 0 Å². The van der Waals surface area contributed by atoms with E-state index in [1.165, 1.54) is 19.3 Å². The standard InChI is InChI=1S/C10H20/c1-5-8(6-2)9-7-10(9,3)4/h8-9H,5-7H2,1-4H3. The van der Waals surface area contributed by atoms with Crippen LogP contribution < -0.4 is 0 Å². The molecule has 10 heavy (non-hydrogen) atoms. The van der Waals surface area contributed by atoms with Crippen LogP contribution in [0.1, 0.15) is 47.0 Å². The molecule has 1 rings (SSSR count). The molecule has 1 aliphatic carbocycles. The minimum atomic E-state index is 0.691. The molecule has 1 unspecified atom stereocenters. The second-order valence-corrected chi connectivity index (χ2v) is 4.38. The first kappa shape index (κ1) is 8.10. The summed E-state index contributed by atoms with van der Waals surface area (Å²) >= 11 is 0. The largest absolute Gasteiger partial charge is 0.0651 e. The van der Waals surface area contributed by atoms with E-state index >= 15 is 0 Å². The van der Waals surface area contributed by atoms with Gasteiger partial charge in [0.15, 0.2) is 0 Å². The average Bonchev–Trinajstić information content (AvgIpc) is 2.44. The highest BCUT2D eigenvalue weighted by Gasteiger charge is 2.48. The van der Waals surface area contributed by atoms with Crippen molar-refractivity contribution in [3.8, 4) is 0 Å². The summed E-state index contributed by atoms with van der Waals surface area (Å²) < 4.78 is 0. The fourth-order valence-corrected chi connectivity index (χ4v) is 2.17. The molecule has 0 aromatic heterocycles. The zero-order chi connectivity index (χ0) is 7.78. The molecule has 1 aliphatic rings. The molecule has 0 saturated heterocycles. The molecule has 0 radical (unpaired) electrons. The van der Waals surface area contributed by atoms with Crippen molar-refractivity contribution in [3.63, 3.8) is 0 Å². The molecule has 0 aromatic rings. The van der Waals surface area contributed by atoms with Gasteiger partial charge in [0.05, 0.1) is 0 Å². The third-order valence-corrected chi connectivity index (χ3v) is 3.21. The molecular weight excluding hydrogens is 120 g/mol. The van der Waals surface area contributed by atoms with Gasteiger partial charge in [-0.25, -0.2) is 0 Å². The van der Waals surface area contributed by atoms with E-state index in [0.717, 1.165) is 11.8 Å². The van der Waals surface area contributed by atoms with Crippen LogP contribution in [0.5, 0.6) is 0 Å². The van der Waals surface area contributed by atoms with E-state index in [1.807, 2.05) is 0 Å². The van der Waals surface area contributed by atoms with Gasteiger partial charge in [-0.1, -0.05) is 40.5 Å². The van der Waals surface area contributed by atoms with Gasteiger partial charge in [0.2, 0.25) is 0 Å². The van der Waals surface area contributed by atoms with Crippen molar-refractivity contribution >= 4 is 0 Å². The van der Waals surface area contributed by atoms with Gasteiger partial charge in [-0.05, 0) is 23.7 Å². The SMILES string of the molecule is CCC(CC)C1CC1(C)C. The molecule has 60 valence electrons. The summed E-state index contributed by atoms with van der Waals surface area (Å²) in [4.78, 5) is 0. The summed E-state index contributed by atoms with van der Waals surface area (Å²) in [6.07, 6.45) is 4.23. The predicted molar refractivity (Wildman–Crippen MR) is 46.0 cm³/mol. The minimum absolute atomic E-state index is 0.691. The Bertz CT molecular complexity index is 109. The van der Waals surface area contributed by atoms with Crippen molar-refractivity contribution in [1.29, 1.82) is 0 Å². The topological polar surface area (TPSA) is 0 Å². The lowest BCUT2D eigenvalue weighted by molar-refractivity contribution is 0.372. The monoisotopic (exact) mass is 140 g/mol. The quantitative estimate of drug-likeness (QED) is 0.563. The fourth-order valence-electron chi connectivity index (χ4n) is 2.17. The first-order valence-electron chi connectivity index (χ1n) is 4.61. The molecule has 1 fully saturated rings. The maximum Gasteiger partial charge on any atom is -0.0320 e. The second kappa shape index (κ2) is 2.56. The van der Waals surface area contributed by atoms with Gasteiger partial charge in [-0.15, -0.1) is 0 Å². The molecule has 0 heterocycles. The summed E-state index contributed by atoms with van der Waals surface area (Å²) in [6, 6.07) is 0. The molecule has 0 aromatic carbocycles. The molecule has 0 nitrogen and oxygen atoms in total. The van der Waals surface area contributed by atoms with Crippen LogP contribution in [0.2, 0.25) is 0 Å². The van der Waals surface area contributed by atoms with Crippen molar-refractivity contribution in [2.45, 2.75) is 47.0 Å². The zero-order valence-corrected chi connectivity index (χ0v) is 7.78. The van der Waals surface area contributed by atoms with Gasteiger partial charge < -0.3 is 0 Å². The molecule has 0 heteroatoms. The van der Waals surface area contributed by atoms with Crippen LogP contribution in [0.3, 0.4) is 0 Å². The summed E-state index contributed by atoms with van der Waals surface area (Å²) in [7, 11) is 0. The Labute approximate surface area is 65.0 Å². The highest BCUT2D eigenvalue weighted by atomic mass is 14.5. The van der Waals surface area contributed by atoms with Crippen LogP contribution in [0.15, 0.2) is 0 Å². The Kier molecular flexibility index (Phi) is 2.07. The summed E-state index contributed by atoms with van der Waals surface area (Å²) in [5.41, 5.74) is 0.691. The van der Waals surface area contributed by atoms with Crippen LogP contribution >= 0.6 is 0 Å². The van der Waals surface area contributed by atoms with E-state index in [2.05, 4.69) is 27.7 Å². The van der Waals surface area contributed by atoms with Crippen LogP contribution in [0, 0.1) is 17.3 Å². The summed E-state index contributed by atoms with van der Waals surface area (Å²) in [6.45, 7) is 9.44. The first-order valence-corrected chi connectivity index (χ1v) is 4.61. The highest BCUT2D eigenvalue weighted by molar-refractivity contribution is 4.97. The molecule has 1 saturated carbocycles. The third kappa shape index (κ3) is 1.36. The van der Waals surface area contributed by atoms with Crippen molar-refractivity contribution in [2.75, 3.05) is 0 Å². The van der Waals surface area contributed by atoms with Gasteiger partial charge in [0.25, 0.3) is 0 Å². The Balaban J connectivity index is 2.36. The van der Waals surface area contributed by atoms with E-state index in [9.17, 15) is 0 Å². The Hall–Kier alpha value is 0. The second-order valence-electron chi connectivity index (χ2n) is 4.38. The number of hydrogen-bond donors (Lipinski definition) is 0. The van der Waals surface area contributed by atoms with Crippen LogP contribution in [-0.4, -0.2) is 0 Å². The fraction of sp³-hybridized carbons (Fsp3) is 1.00.